The first-order chi connectivity index (χ1) is 11.5. The summed E-state index contributed by atoms with van der Waals surface area (Å²) in [6, 6.07) is 12.7. The molecule has 0 aromatic heterocycles. The summed E-state index contributed by atoms with van der Waals surface area (Å²) in [5.74, 6) is -0.129. The molecule has 0 aliphatic carbocycles. The summed E-state index contributed by atoms with van der Waals surface area (Å²) in [4.78, 5) is 23.6. The van der Waals surface area contributed by atoms with Gasteiger partial charge in [-0.25, -0.2) is 0 Å². The lowest BCUT2D eigenvalue weighted by Crippen LogP contribution is -2.13. The smallest absolute Gasteiger partial charge is 0.224 e. The Balaban J connectivity index is 1.65. The van der Waals surface area contributed by atoms with Gasteiger partial charge in [-0.3, -0.25) is 9.59 Å². The third-order valence-corrected chi connectivity index (χ3v) is 3.32. The number of rotatable bonds is 7. The van der Waals surface area contributed by atoms with Crippen molar-refractivity contribution in [3.05, 3.63) is 48.5 Å². The molecule has 0 saturated carbocycles. The van der Waals surface area contributed by atoms with E-state index in [1.54, 1.807) is 24.3 Å². The van der Waals surface area contributed by atoms with E-state index >= 15 is 0 Å². The number of hydrogen-bond acceptors (Lipinski definition) is 4. The lowest BCUT2D eigenvalue weighted by atomic mass is 10.1. The summed E-state index contributed by atoms with van der Waals surface area (Å²) < 4.78 is 0. The molecule has 2 aromatic carbocycles. The second kappa shape index (κ2) is 8.57. The minimum atomic E-state index is -0.158. The Hall–Kier alpha value is -3.02. The van der Waals surface area contributed by atoms with E-state index in [9.17, 15) is 19.8 Å². The van der Waals surface area contributed by atoms with Crippen LogP contribution in [0.2, 0.25) is 0 Å². The van der Waals surface area contributed by atoms with Gasteiger partial charge < -0.3 is 20.8 Å². The summed E-state index contributed by atoms with van der Waals surface area (Å²) in [6.45, 7) is 0. The fraction of sp³-hybridized carbons (Fsp3) is 0.222. The monoisotopic (exact) mass is 328 g/mol. The zero-order valence-corrected chi connectivity index (χ0v) is 13.2. The van der Waals surface area contributed by atoms with Gasteiger partial charge in [0.25, 0.3) is 0 Å². The summed E-state index contributed by atoms with van der Waals surface area (Å²) in [6.07, 6.45) is 1.76. The maximum absolute atomic E-state index is 11.8. The van der Waals surface area contributed by atoms with Crippen molar-refractivity contribution in [2.45, 2.75) is 25.7 Å². The van der Waals surface area contributed by atoms with Crippen LogP contribution in [0.5, 0.6) is 11.5 Å². The van der Waals surface area contributed by atoms with Crippen molar-refractivity contribution in [1.29, 1.82) is 0 Å². The number of unbranched alkanes of at least 4 members (excludes halogenated alkanes) is 1. The average Bonchev–Trinajstić information content (AvgIpc) is 2.51. The molecule has 6 nitrogen and oxygen atoms in total. The Labute approximate surface area is 140 Å². The number of phenols is 2. The molecule has 2 rings (SSSR count). The minimum Gasteiger partial charge on any atom is -0.508 e. The highest BCUT2D eigenvalue weighted by Crippen LogP contribution is 2.17. The van der Waals surface area contributed by atoms with Crippen LogP contribution >= 0.6 is 0 Å². The van der Waals surface area contributed by atoms with Gasteiger partial charge in [0.15, 0.2) is 0 Å². The molecule has 0 fully saturated rings. The number of aromatic hydroxyl groups is 2. The van der Waals surface area contributed by atoms with Gasteiger partial charge in [0.05, 0.1) is 0 Å². The summed E-state index contributed by atoms with van der Waals surface area (Å²) in [7, 11) is 0. The highest BCUT2D eigenvalue weighted by atomic mass is 16.3. The van der Waals surface area contributed by atoms with Crippen LogP contribution in [0.15, 0.2) is 48.5 Å². The van der Waals surface area contributed by atoms with Crippen LogP contribution in [0.4, 0.5) is 11.4 Å². The first-order valence-corrected chi connectivity index (χ1v) is 7.71. The summed E-state index contributed by atoms with van der Waals surface area (Å²) >= 11 is 0. The zero-order chi connectivity index (χ0) is 17.4. The topological polar surface area (TPSA) is 98.7 Å². The van der Waals surface area contributed by atoms with Gasteiger partial charge in [-0.05, 0) is 37.1 Å². The van der Waals surface area contributed by atoms with Crippen LogP contribution in [-0.2, 0) is 9.59 Å². The molecule has 0 saturated heterocycles. The van der Waals surface area contributed by atoms with Gasteiger partial charge in [0.2, 0.25) is 11.8 Å². The molecule has 4 N–H and O–H groups in total. The number of hydrogen-bond donors (Lipinski definition) is 4. The summed E-state index contributed by atoms with van der Waals surface area (Å²) in [5.41, 5.74) is 1.09. The van der Waals surface area contributed by atoms with E-state index in [-0.39, 0.29) is 23.3 Å². The lowest BCUT2D eigenvalue weighted by molar-refractivity contribution is -0.118. The van der Waals surface area contributed by atoms with E-state index in [2.05, 4.69) is 10.6 Å². The highest BCUT2D eigenvalue weighted by molar-refractivity contribution is 5.91. The number of nitrogens with one attached hydrogen (secondary N) is 2. The molecular formula is C18H20N2O4. The van der Waals surface area contributed by atoms with Crippen LogP contribution in [0.25, 0.3) is 0 Å². The van der Waals surface area contributed by atoms with Gasteiger partial charge >= 0.3 is 0 Å². The standard InChI is InChI=1S/C18H20N2O4/c21-15-7-3-5-13(11-15)19-17(23)9-1-2-10-18(24)20-14-6-4-8-16(22)12-14/h3-8,11-12,21-22H,1-2,9-10H2,(H,19,23)(H,20,24). The van der Waals surface area contributed by atoms with Crippen molar-refractivity contribution >= 4 is 23.2 Å². The Morgan fingerprint density at radius 2 is 1.17 bits per heavy atom. The third-order valence-electron chi connectivity index (χ3n) is 3.32. The molecule has 24 heavy (non-hydrogen) atoms. The van der Waals surface area contributed by atoms with E-state index in [0.717, 1.165) is 0 Å². The molecule has 6 heteroatoms. The molecule has 0 spiro atoms. The largest absolute Gasteiger partial charge is 0.508 e. The number of phenolic OH excluding ortho intramolecular Hbond substituents is 2. The molecule has 126 valence electrons. The van der Waals surface area contributed by atoms with Crippen LogP contribution in [-0.4, -0.2) is 22.0 Å². The predicted molar refractivity (Wildman–Crippen MR) is 91.9 cm³/mol. The Kier molecular flexibility index (Phi) is 6.19. The second-order valence-electron chi connectivity index (χ2n) is 5.40. The molecular weight excluding hydrogens is 308 g/mol. The molecule has 0 aliphatic rings. The molecule has 0 unspecified atom stereocenters. The van der Waals surface area contributed by atoms with E-state index in [4.69, 9.17) is 0 Å². The van der Waals surface area contributed by atoms with E-state index in [1.165, 1.54) is 24.3 Å². The molecule has 0 atom stereocenters. The Morgan fingerprint density at radius 1 is 0.750 bits per heavy atom. The van der Waals surface area contributed by atoms with Crippen molar-refractivity contribution in [2.24, 2.45) is 0 Å². The highest BCUT2D eigenvalue weighted by Gasteiger charge is 2.06. The maximum Gasteiger partial charge on any atom is 0.224 e. The molecule has 0 aliphatic heterocycles. The Morgan fingerprint density at radius 3 is 1.54 bits per heavy atom. The van der Waals surface area contributed by atoms with E-state index in [1.807, 2.05) is 0 Å². The number of amides is 2. The van der Waals surface area contributed by atoms with Crippen LogP contribution in [0.1, 0.15) is 25.7 Å². The van der Waals surface area contributed by atoms with Crippen molar-refractivity contribution in [2.75, 3.05) is 10.6 Å². The van der Waals surface area contributed by atoms with Gasteiger partial charge in [-0.2, -0.15) is 0 Å². The normalized spacial score (nSPS) is 10.2. The number of carbonyl (C=O) groups excluding carboxylic acids is 2. The van der Waals surface area contributed by atoms with Crippen molar-refractivity contribution in [3.63, 3.8) is 0 Å². The van der Waals surface area contributed by atoms with Gasteiger partial charge in [0, 0.05) is 36.3 Å². The van der Waals surface area contributed by atoms with Crippen molar-refractivity contribution in [3.8, 4) is 11.5 Å². The summed E-state index contributed by atoms with van der Waals surface area (Å²) in [5, 5.41) is 24.0. The number of anilines is 2. The fourth-order valence-electron chi connectivity index (χ4n) is 2.19. The van der Waals surface area contributed by atoms with Crippen LogP contribution < -0.4 is 10.6 Å². The molecule has 0 heterocycles. The lowest BCUT2D eigenvalue weighted by Gasteiger charge is -2.07. The van der Waals surface area contributed by atoms with Crippen molar-refractivity contribution < 1.29 is 19.8 Å². The first kappa shape index (κ1) is 17.3. The van der Waals surface area contributed by atoms with Gasteiger partial charge in [0.1, 0.15) is 11.5 Å². The SMILES string of the molecule is O=C(CCCCC(=O)Nc1cccc(O)c1)Nc1cccc(O)c1. The van der Waals surface area contributed by atoms with Crippen LogP contribution in [0.3, 0.4) is 0 Å². The van der Waals surface area contributed by atoms with E-state index in [0.29, 0.717) is 37.1 Å². The first-order valence-electron chi connectivity index (χ1n) is 7.71. The fourth-order valence-corrected chi connectivity index (χ4v) is 2.19. The second-order valence-corrected chi connectivity index (χ2v) is 5.40. The molecule has 2 amide bonds. The Bertz CT molecular complexity index is 654. The zero-order valence-electron chi connectivity index (χ0n) is 13.2. The van der Waals surface area contributed by atoms with Crippen LogP contribution in [0, 0.1) is 0 Å². The molecule has 2 aromatic rings. The number of benzene rings is 2. The quantitative estimate of drug-likeness (QED) is 0.586. The molecule has 0 bridgehead atoms. The third kappa shape index (κ3) is 6.00. The van der Waals surface area contributed by atoms with Crippen molar-refractivity contribution in [1.82, 2.24) is 0 Å². The van der Waals surface area contributed by atoms with Gasteiger partial charge in [-0.15, -0.1) is 0 Å². The maximum atomic E-state index is 11.8. The van der Waals surface area contributed by atoms with E-state index < -0.39 is 0 Å². The van der Waals surface area contributed by atoms with Gasteiger partial charge in [-0.1, -0.05) is 12.1 Å². The molecule has 0 radical (unpaired) electrons. The average molecular weight is 328 g/mol. The number of carbonyl (C=O) groups is 2. The predicted octanol–water partition coefficient (Wildman–Crippen LogP) is 3.24. The minimum absolute atomic E-state index is 0.0939.